The van der Waals surface area contributed by atoms with Crippen LogP contribution in [0.4, 0.5) is 4.79 Å². The van der Waals surface area contributed by atoms with E-state index in [0.717, 1.165) is 30.4 Å². The van der Waals surface area contributed by atoms with E-state index in [1.165, 1.54) is 0 Å². The first-order valence-corrected chi connectivity index (χ1v) is 9.36. The van der Waals surface area contributed by atoms with Crippen LogP contribution in [0.5, 0.6) is 17.2 Å². The van der Waals surface area contributed by atoms with Crippen LogP contribution in [-0.4, -0.2) is 63.8 Å². The second-order valence-electron chi connectivity index (χ2n) is 6.92. The zero-order valence-electron chi connectivity index (χ0n) is 16.5. The molecule has 152 valence electrons. The number of rotatable bonds is 7. The Bertz CT molecular complexity index is 748. The molecule has 28 heavy (non-hydrogen) atoms. The van der Waals surface area contributed by atoms with E-state index in [4.69, 9.17) is 14.2 Å². The van der Waals surface area contributed by atoms with E-state index in [0.29, 0.717) is 30.3 Å². The van der Waals surface area contributed by atoms with Gasteiger partial charge in [-0.05, 0) is 24.8 Å². The van der Waals surface area contributed by atoms with Gasteiger partial charge in [0.15, 0.2) is 0 Å². The number of amides is 3. The molecular weight excluding hydrogens is 362 g/mol. The van der Waals surface area contributed by atoms with Crippen molar-refractivity contribution in [3.8, 4) is 17.2 Å². The first-order chi connectivity index (χ1) is 13.5. The highest BCUT2D eigenvalue weighted by Gasteiger charge is 2.25. The number of ether oxygens (including phenoxy) is 3. The molecule has 0 radical (unpaired) electrons. The molecule has 1 aliphatic heterocycles. The highest BCUT2D eigenvalue weighted by Crippen LogP contribution is 2.40. The third-order valence-corrected chi connectivity index (χ3v) is 4.86. The summed E-state index contributed by atoms with van der Waals surface area (Å²) in [5, 5.41) is 5.13. The molecule has 1 aliphatic carbocycles. The summed E-state index contributed by atoms with van der Waals surface area (Å²) in [5.41, 5.74) is 2.00. The summed E-state index contributed by atoms with van der Waals surface area (Å²) in [4.78, 5) is 25.7. The van der Waals surface area contributed by atoms with Crippen molar-refractivity contribution in [2.75, 3.05) is 41.0 Å². The summed E-state index contributed by atoms with van der Waals surface area (Å²) in [6.45, 7) is 1.48. The van der Waals surface area contributed by atoms with E-state index >= 15 is 0 Å². The Labute approximate surface area is 164 Å². The molecule has 1 aromatic rings. The molecule has 2 aliphatic rings. The van der Waals surface area contributed by atoms with Crippen LogP contribution < -0.4 is 24.8 Å². The number of methoxy groups -OCH3 is 3. The normalized spacial score (nSPS) is 16.8. The van der Waals surface area contributed by atoms with Crippen molar-refractivity contribution < 1.29 is 23.8 Å². The molecule has 0 spiro atoms. The van der Waals surface area contributed by atoms with Crippen LogP contribution in [0.1, 0.15) is 24.8 Å². The monoisotopic (exact) mass is 389 g/mol. The molecule has 0 atom stereocenters. The number of carbonyl (C=O) groups is 2. The number of urea groups is 1. The van der Waals surface area contributed by atoms with Gasteiger partial charge in [-0.1, -0.05) is 6.08 Å². The van der Waals surface area contributed by atoms with Crippen LogP contribution in [0.25, 0.3) is 5.57 Å². The smallest absolute Gasteiger partial charge is 0.321 e. The van der Waals surface area contributed by atoms with E-state index in [-0.39, 0.29) is 18.5 Å². The Kier molecular flexibility index (Phi) is 6.41. The lowest BCUT2D eigenvalue weighted by Crippen LogP contribution is -2.45. The average Bonchev–Trinajstić information content (AvgIpc) is 3.51. The Morgan fingerprint density at radius 2 is 1.79 bits per heavy atom. The minimum atomic E-state index is -0.409. The van der Waals surface area contributed by atoms with Crippen LogP contribution in [-0.2, 0) is 4.79 Å². The Morgan fingerprint density at radius 1 is 1.11 bits per heavy atom. The van der Waals surface area contributed by atoms with E-state index < -0.39 is 6.03 Å². The van der Waals surface area contributed by atoms with Crippen molar-refractivity contribution >= 4 is 17.5 Å². The van der Waals surface area contributed by atoms with Crippen molar-refractivity contribution in [2.24, 2.45) is 0 Å². The van der Waals surface area contributed by atoms with Gasteiger partial charge in [0.1, 0.15) is 17.2 Å². The molecule has 1 aromatic carbocycles. The fraction of sp³-hybridized carbons (Fsp3) is 0.500. The van der Waals surface area contributed by atoms with E-state index in [1.807, 2.05) is 17.0 Å². The average molecular weight is 389 g/mol. The molecule has 0 unspecified atom stereocenters. The maximum Gasteiger partial charge on any atom is 0.321 e. The van der Waals surface area contributed by atoms with Gasteiger partial charge in [-0.2, -0.15) is 0 Å². The van der Waals surface area contributed by atoms with E-state index in [2.05, 4.69) is 16.7 Å². The standard InChI is InChI=1S/C20H27N3O5/c1-26-15-10-16(27-2)19(17(11-15)28-3)13-6-8-23(9-7-13)12-18(24)22-20(25)21-14-4-5-14/h6,10-11,14H,4-5,7-9,12H2,1-3H3,(H2,21,22,24,25). The maximum absolute atomic E-state index is 12.1. The molecule has 3 amide bonds. The third-order valence-electron chi connectivity index (χ3n) is 4.86. The van der Waals surface area contributed by atoms with E-state index in [9.17, 15) is 9.59 Å². The van der Waals surface area contributed by atoms with Gasteiger partial charge >= 0.3 is 6.03 Å². The lowest BCUT2D eigenvalue weighted by molar-refractivity contribution is -0.121. The van der Waals surface area contributed by atoms with Gasteiger partial charge < -0.3 is 19.5 Å². The Balaban J connectivity index is 1.63. The SMILES string of the molecule is COc1cc(OC)c(C2=CCN(CC(=O)NC(=O)NC3CC3)CC2)c(OC)c1. The van der Waals surface area contributed by atoms with Crippen LogP contribution in [0, 0.1) is 0 Å². The summed E-state index contributed by atoms with van der Waals surface area (Å²) in [6, 6.07) is 3.48. The molecule has 1 fully saturated rings. The highest BCUT2D eigenvalue weighted by molar-refractivity contribution is 5.95. The molecular formula is C20H27N3O5. The number of imide groups is 1. The van der Waals surface area contributed by atoms with Crippen LogP contribution in [0.3, 0.4) is 0 Å². The topological polar surface area (TPSA) is 89.1 Å². The molecule has 2 N–H and O–H groups in total. The largest absolute Gasteiger partial charge is 0.496 e. The molecule has 0 bridgehead atoms. The number of hydrogen-bond donors (Lipinski definition) is 2. The minimum Gasteiger partial charge on any atom is -0.496 e. The van der Waals surface area contributed by atoms with Crippen molar-refractivity contribution in [3.05, 3.63) is 23.8 Å². The fourth-order valence-electron chi connectivity index (χ4n) is 3.22. The molecule has 0 saturated heterocycles. The molecule has 0 aromatic heterocycles. The van der Waals surface area contributed by atoms with Gasteiger partial charge in [0.25, 0.3) is 0 Å². The molecule has 3 rings (SSSR count). The van der Waals surface area contributed by atoms with Crippen LogP contribution in [0.15, 0.2) is 18.2 Å². The van der Waals surface area contributed by atoms with Gasteiger partial charge in [-0.25, -0.2) is 4.79 Å². The summed E-state index contributed by atoms with van der Waals surface area (Å²) in [6.07, 6.45) is 4.77. The number of hydrogen-bond acceptors (Lipinski definition) is 6. The summed E-state index contributed by atoms with van der Waals surface area (Å²) < 4.78 is 16.4. The van der Waals surface area contributed by atoms with Gasteiger partial charge in [0, 0.05) is 31.3 Å². The van der Waals surface area contributed by atoms with E-state index in [1.54, 1.807) is 21.3 Å². The predicted octanol–water partition coefficient (Wildman–Crippen LogP) is 1.79. The molecule has 1 heterocycles. The van der Waals surface area contributed by atoms with Crippen molar-refractivity contribution in [1.29, 1.82) is 0 Å². The summed E-state index contributed by atoms with van der Waals surface area (Å²) in [7, 11) is 4.83. The first kappa shape index (κ1) is 20.0. The molecule has 8 heteroatoms. The zero-order valence-corrected chi connectivity index (χ0v) is 16.5. The second-order valence-corrected chi connectivity index (χ2v) is 6.92. The second kappa shape index (κ2) is 8.97. The molecule has 1 saturated carbocycles. The maximum atomic E-state index is 12.1. The predicted molar refractivity (Wildman–Crippen MR) is 105 cm³/mol. The van der Waals surface area contributed by atoms with Crippen molar-refractivity contribution in [1.82, 2.24) is 15.5 Å². The van der Waals surface area contributed by atoms with Gasteiger partial charge in [-0.15, -0.1) is 0 Å². The van der Waals surface area contributed by atoms with Crippen molar-refractivity contribution in [2.45, 2.75) is 25.3 Å². The quantitative estimate of drug-likeness (QED) is 0.739. The lowest BCUT2D eigenvalue weighted by atomic mass is 9.97. The first-order valence-electron chi connectivity index (χ1n) is 9.36. The summed E-state index contributed by atoms with van der Waals surface area (Å²) >= 11 is 0. The Morgan fingerprint density at radius 3 is 2.29 bits per heavy atom. The third kappa shape index (κ3) is 4.95. The Hall–Kier alpha value is -2.74. The van der Waals surface area contributed by atoms with Gasteiger partial charge in [-0.3, -0.25) is 15.0 Å². The fourth-order valence-corrected chi connectivity index (χ4v) is 3.22. The number of carbonyl (C=O) groups excluding carboxylic acids is 2. The van der Waals surface area contributed by atoms with Crippen LogP contribution in [0.2, 0.25) is 0 Å². The van der Waals surface area contributed by atoms with Crippen molar-refractivity contribution in [3.63, 3.8) is 0 Å². The highest BCUT2D eigenvalue weighted by atomic mass is 16.5. The lowest BCUT2D eigenvalue weighted by Gasteiger charge is -2.27. The number of nitrogens with one attached hydrogen (secondary N) is 2. The summed E-state index contributed by atoms with van der Waals surface area (Å²) in [5.74, 6) is 1.74. The zero-order chi connectivity index (χ0) is 20.1. The molecule has 8 nitrogen and oxygen atoms in total. The van der Waals surface area contributed by atoms with Gasteiger partial charge in [0.05, 0.1) is 33.4 Å². The van der Waals surface area contributed by atoms with Gasteiger partial charge in [0.2, 0.25) is 5.91 Å². The van der Waals surface area contributed by atoms with Crippen LogP contribution >= 0.6 is 0 Å². The number of nitrogens with zero attached hydrogens (tertiary/aromatic N) is 1. The minimum absolute atomic E-state index is 0.179. The number of benzene rings is 1.